The van der Waals surface area contributed by atoms with Gasteiger partial charge in [0, 0.05) is 6.04 Å². The number of carbonyl (C=O) groups is 1. The first kappa shape index (κ1) is 17.3. The first-order valence-corrected chi connectivity index (χ1v) is 9.44. The minimum absolute atomic E-state index is 0.255. The van der Waals surface area contributed by atoms with Gasteiger partial charge in [-0.25, -0.2) is 4.79 Å². The maximum Gasteiger partial charge on any atom is 0.407 e. The molecule has 3 rings (SSSR count). The number of amides is 1. The van der Waals surface area contributed by atoms with Crippen molar-refractivity contribution >= 4 is 6.09 Å². The fraction of sp³-hybridized carbons (Fsp3) is 0.667. The zero-order valence-electron chi connectivity index (χ0n) is 15.3. The molecule has 3 nitrogen and oxygen atoms in total. The van der Waals surface area contributed by atoms with Crippen LogP contribution in [0.1, 0.15) is 58.4 Å². The molecule has 0 saturated heterocycles. The number of alkyl carbamates (subject to hydrolysis) is 1. The summed E-state index contributed by atoms with van der Waals surface area (Å²) < 4.78 is 5.41. The number of rotatable bonds is 4. The van der Waals surface area contributed by atoms with Crippen LogP contribution in [0.5, 0.6) is 0 Å². The fourth-order valence-electron chi connectivity index (χ4n) is 4.70. The Morgan fingerprint density at radius 2 is 1.75 bits per heavy atom. The molecule has 132 valence electrons. The summed E-state index contributed by atoms with van der Waals surface area (Å²) in [6.45, 7) is 5.74. The van der Waals surface area contributed by atoms with Crippen LogP contribution < -0.4 is 5.32 Å². The minimum Gasteiger partial charge on any atom is -0.444 e. The van der Waals surface area contributed by atoms with E-state index in [0.717, 1.165) is 30.6 Å². The SMILES string of the molecule is CC(C)(C)OC(=O)N[C@@H]1C[C@H]2CC[C@@H](C1)C2CCc1ccccc1. The second kappa shape index (κ2) is 7.16. The van der Waals surface area contributed by atoms with E-state index < -0.39 is 5.60 Å². The van der Waals surface area contributed by atoms with E-state index in [2.05, 4.69) is 35.6 Å². The third-order valence-corrected chi connectivity index (χ3v) is 5.62. The summed E-state index contributed by atoms with van der Waals surface area (Å²) in [5, 5.41) is 3.11. The van der Waals surface area contributed by atoms with Crippen molar-refractivity contribution in [3.05, 3.63) is 35.9 Å². The summed E-state index contributed by atoms with van der Waals surface area (Å²) in [6, 6.07) is 11.1. The molecule has 2 saturated carbocycles. The lowest BCUT2D eigenvalue weighted by molar-refractivity contribution is 0.0464. The highest BCUT2D eigenvalue weighted by atomic mass is 16.6. The number of fused-ring (bicyclic) bond motifs is 2. The number of hydrogen-bond acceptors (Lipinski definition) is 2. The van der Waals surface area contributed by atoms with Crippen molar-refractivity contribution in [1.29, 1.82) is 0 Å². The molecule has 3 heteroatoms. The lowest BCUT2D eigenvalue weighted by atomic mass is 9.74. The van der Waals surface area contributed by atoms with Gasteiger partial charge in [-0.2, -0.15) is 0 Å². The highest BCUT2D eigenvalue weighted by Crippen LogP contribution is 2.48. The summed E-state index contributed by atoms with van der Waals surface area (Å²) in [7, 11) is 0. The van der Waals surface area contributed by atoms with Gasteiger partial charge in [0.25, 0.3) is 0 Å². The van der Waals surface area contributed by atoms with Crippen LogP contribution in [0.2, 0.25) is 0 Å². The molecular weight excluding hydrogens is 298 g/mol. The predicted molar refractivity (Wildman–Crippen MR) is 96.9 cm³/mol. The van der Waals surface area contributed by atoms with E-state index in [1.165, 1.54) is 31.2 Å². The van der Waals surface area contributed by atoms with Gasteiger partial charge in [-0.3, -0.25) is 0 Å². The van der Waals surface area contributed by atoms with Gasteiger partial charge in [0.1, 0.15) is 5.60 Å². The molecule has 0 spiro atoms. The molecule has 1 aromatic carbocycles. The van der Waals surface area contributed by atoms with Crippen molar-refractivity contribution in [2.24, 2.45) is 17.8 Å². The number of ether oxygens (including phenoxy) is 1. The lowest BCUT2D eigenvalue weighted by Crippen LogP contribution is -2.43. The molecule has 2 fully saturated rings. The number of benzene rings is 1. The average Bonchev–Trinajstić information content (AvgIpc) is 2.73. The summed E-state index contributed by atoms with van der Waals surface area (Å²) in [6.07, 6.45) is 7.12. The van der Waals surface area contributed by atoms with E-state index in [1.54, 1.807) is 0 Å². The summed E-state index contributed by atoms with van der Waals surface area (Å²) in [4.78, 5) is 12.0. The van der Waals surface area contributed by atoms with Crippen molar-refractivity contribution in [3.63, 3.8) is 0 Å². The van der Waals surface area contributed by atoms with Crippen LogP contribution in [0.15, 0.2) is 30.3 Å². The smallest absolute Gasteiger partial charge is 0.407 e. The molecule has 1 aromatic rings. The van der Waals surface area contributed by atoms with Crippen LogP contribution >= 0.6 is 0 Å². The van der Waals surface area contributed by atoms with E-state index in [0.29, 0.717) is 6.04 Å². The predicted octanol–water partition coefficient (Wildman–Crippen LogP) is 4.95. The standard InChI is InChI=1S/C21H31NO2/c1-21(2,3)24-20(23)22-18-13-16-10-11-17(14-18)19(16)12-9-15-7-5-4-6-8-15/h4-8,16-19H,9-14H2,1-3H3,(H,22,23)/t16-,17+,18-,19?. The number of hydrogen-bond donors (Lipinski definition) is 1. The van der Waals surface area contributed by atoms with Gasteiger partial charge in [0.05, 0.1) is 0 Å². The highest BCUT2D eigenvalue weighted by molar-refractivity contribution is 5.68. The average molecular weight is 329 g/mol. The van der Waals surface area contributed by atoms with E-state index in [9.17, 15) is 4.79 Å². The number of nitrogens with one attached hydrogen (secondary N) is 1. The fourth-order valence-corrected chi connectivity index (χ4v) is 4.70. The van der Waals surface area contributed by atoms with Crippen LogP contribution in [0.25, 0.3) is 0 Å². The topological polar surface area (TPSA) is 38.3 Å². The molecule has 2 aliphatic rings. The summed E-state index contributed by atoms with van der Waals surface area (Å²) in [5.74, 6) is 2.38. The van der Waals surface area contributed by atoms with Crippen molar-refractivity contribution in [2.45, 2.75) is 70.9 Å². The van der Waals surface area contributed by atoms with E-state index in [-0.39, 0.29) is 6.09 Å². The Bertz CT molecular complexity index is 535. The summed E-state index contributed by atoms with van der Waals surface area (Å²) in [5.41, 5.74) is 1.03. The quantitative estimate of drug-likeness (QED) is 0.849. The molecule has 24 heavy (non-hydrogen) atoms. The zero-order chi connectivity index (χ0) is 17.2. The van der Waals surface area contributed by atoms with E-state index in [4.69, 9.17) is 4.74 Å². The molecule has 0 radical (unpaired) electrons. The third-order valence-electron chi connectivity index (χ3n) is 5.62. The third kappa shape index (κ3) is 4.52. The lowest BCUT2D eigenvalue weighted by Gasteiger charge is -2.36. The molecule has 1 unspecified atom stereocenters. The van der Waals surface area contributed by atoms with Gasteiger partial charge in [-0.1, -0.05) is 30.3 Å². The van der Waals surface area contributed by atoms with Crippen molar-refractivity contribution in [1.82, 2.24) is 5.32 Å². The van der Waals surface area contributed by atoms with Gasteiger partial charge in [-0.15, -0.1) is 0 Å². The molecule has 0 heterocycles. The van der Waals surface area contributed by atoms with Crippen LogP contribution in [0.3, 0.4) is 0 Å². The van der Waals surface area contributed by atoms with E-state index >= 15 is 0 Å². The molecular formula is C21H31NO2. The first-order valence-electron chi connectivity index (χ1n) is 9.44. The van der Waals surface area contributed by atoms with Crippen LogP contribution in [-0.2, 0) is 11.2 Å². The molecule has 1 amide bonds. The largest absolute Gasteiger partial charge is 0.444 e. The van der Waals surface area contributed by atoms with Crippen molar-refractivity contribution < 1.29 is 9.53 Å². The molecule has 2 bridgehead atoms. The molecule has 1 N–H and O–H groups in total. The van der Waals surface area contributed by atoms with Gasteiger partial charge in [-0.05, 0) is 82.6 Å². The Kier molecular flexibility index (Phi) is 5.17. The zero-order valence-corrected chi connectivity index (χ0v) is 15.3. The summed E-state index contributed by atoms with van der Waals surface area (Å²) >= 11 is 0. The monoisotopic (exact) mass is 329 g/mol. The maximum absolute atomic E-state index is 12.0. The van der Waals surface area contributed by atoms with Crippen molar-refractivity contribution in [3.8, 4) is 0 Å². The number of carbonyl (C=O) groups excluding carboxylic acids is 1. The minimum atomic E-state index is -0.421. The van der Waals surface area contributed by atoms with Gasteiger partial charge >= 0.3 is 6.09 Å². The molecule has 2 aliphatic carbocycles. The highest BCUT2D eigenvalue weighted by Gasteiger charge is 2.42. The van der Waals surface area contributed by atoms with E-state index in [1.807, 2.05) is 20.8 Å². The Balaban J connectivity index is 1.50. The van der Waals surface area contributed by atoms with Crippen LogP contribution in [0.4, 0.5) is 4.79 Å². The molecule has 0 aromatic heterocycles. The van der Waals surface area contributed by atoms with Gasteiger partial charge < -0.3 is 10.1 Å². The number of aryl methyl sites for hydroxylation is 1. The van der Waals surface area contributed by atoms with Crippen molar-refractivity contribution in [2.75, 3.05) is 0 Å². The van der Waals surface area contributed by atoms with Crippen LogP contribution in [-0.4, -0.2) is 17.7 Å². The Hall–Kier alpha value is -1.51. The normalized spacial score (nSPS) is 29.3. The Labute approximate surface area is 146 Å². The van der Waals surface area contributed by atoms with Gasteiger partial charge in [0.15, 0.2) is 0 Å². The maximum atomic E-state index is 12.0. The second-order valence-corrected chi connectivity index (χ2v) is 8.60. The van der Waals surface area contributed by atoms with Crippen LogP contribution in [0, 0.1) is 17.8 Å². The Morgan fingerprint density at radius 1 is 1.12 bits per heavy atom. The molecule has 0 aliphatic heterocycles. The Morgan fingerprint density at radius 3 is 2.33 bits per heavy atom. The van der Waals surface area contributed by atoms with Gasteiger partial charge in [0.2, 0.25) is 0 Å². The molecule has 4 atom stereocenters. The first-order chi connectivity index (χ1) is 11.4. The second-order valence-electron chi connectivity index (χ2n) is 8.60.